The number of carbonyl (C=O) groups is 1. The molecule has 3 aromatic rings. The van der Waals surface area contributed by atoms with Crippen molar-refractivity contribution in [3.63, 3.8) is 0 Å². The van der Waals surface area contributed by atoms with Crippen molar-refractivity contribution >= 4 is 32.7 Å². The van der Waals surface area contributed by atoms with E-state index in [1.807, 2.05) is 14.0 Å². The zero-order chi connectivity index (χ0) is 21.6. The van der Waals surface area contributed by atoms with Crippen LogP contribution in [0.1, 0.15) is 44.6 Å². The van der Waals surface area contributed by atoms with Gasteiger partial charge < -0.3 is 14.8 Å². The summed E-state index contributed by atoms with van der Waals surface area (Å²) >= 11 is 1.65. The predicted molar refractivity (Wildman–Crippen MR) is 127 cm³/mol. The van der Waals surface area contributed by atoms with Crippen LogP contribution < -0.4 is 10.1 Å². The number of aryl methyl sites for hydroxylation is 1. The molecule has 0 saturated heterocycles. The largest absolute Gasteiger partial charge is 0.493 e. The van der Waals surface area contributed by atoms with E-state index in [0.29, 0.717) is 25.4 Å². The highest BCUT2D eigenvalue weighted by Crippen LogP contribution is 2.36. The molecule has 2 aromatic carbocycles. The summed E-state index contributed by atoms with van der Waals surface area (Å²) in [5.41, 5.74) is 4.28. The van der Waals surface area contributed by atoms with E-state index in [2.05, 4.69) is 46.7 Å². The molecular weight excluding hydrogens is 408 g/mol. The molecule has 1 aliphatic rings. The maximum Gasteiger partial charge on any atom is 0.306 e. The minimum absolute atomic E-state index is 0.156. The summed E-state index contributed by atoms with van der Waals surface area (Å²) < 4.78 is 12.5. The number of nitrogens with one attached hydrogen (secondary N) is 1. The Balaban J connectivity index is 1.62. The van der Waals surface area contributed by atoms with E-state index in [9.17, 15) is 4.79 Å². The lowest BCUT2D eigenvalue weighted by Crippen LogP contribution is -2.09. The third-order valence-corrected chi connectivity index (χ3v) is 6.87. The summed E-state index contributed by atoms with van der Waals surface area (Å²) in [5.74, 6) is 1.40. The van der Waals surface area contributed by atoms with E-state index in [1.165, 1.54) is 25.7 Å². The monoisotopic (exact) mass is 438 g/mol. The minimum Gasteiger partial charge on any atom is -0.493 e. The number of ether oxygens (including phenoxy) is 2. The van der Waals surface area contributed by atoms with Gasteiger partial charge in [-0.25, -0.2) is 4.98 Å². The number of aromatic nitrogens is 1. The number of rotatable bonds is 9. The highest BCUT2D eigenvalue weighted by molar-refractivity contribution is 7.22. The van der Waals surface area contributed by atoms with Crippen LogP contribution in [0.4, 0.5) is 5.13 Å². The Labute approximate surface area is 187 Å². The maximum absolute atomic E-state index is 11.8. The van der Waals surface area contributed by atoms with Crippen molar-refractivity contribution in [2.75, 3.05) is 25.6 Å². The predicted octanol–water partition coefficient (Wildman–Crippen LogP) is 6.07. The molecule has 1 heterocycles. The van der Waals surface area contributed by atoms with E-state index in [0.717, 1.165) is 44.4 Å². The first-order valence-corrected chi connectivity index (χ1v) is 12.0. The van der Waals surface area contributed by atoms with E-state index < -0.39 is 0 Å². The third-order valence-electron chi connectivity index (χ3n) is 5.83. The van der Waals surface area contributed by atoms with Crippen LogP contribution in [0.2, 0.25) is 0 Å². The van der Waals surface area contributed by atoms with Gasteiger partial charge in [0.05, 0.1) is 23.4 Å². The van der Waals surface area contributed by atoms with Crippen molar-refractivity contribution < 1.29 is 14.3 Å². The first-order chi connectivity index (χ1) is 15.2. The molecule has 1 N–H and O–H groups in total. The molecule has 5 nitrogen and oxygen atoms in total. The maximum atomic E-state index is 11.8. The van der Waals surface area contributed by atoms with Gasteiger partial charge in [-0.15, -0.1) is 0 Å². The van der Waals surface area contributed by atoms with E-state index in [4.69, 9.17) is 9.47 Å². The molecule has 1 saturated carbocycles. The summed E-state index contributed by atoms with van der Waals surface area (Å²) in [7, 11) is 1.89. The fraction of sp³-hybridized carbons (Fsp3) is 0.440. The van der Waals surface area contributed by atoms with Crippen molar-refractivity contribution in [3.8, 4) is 16.9 Å². The number of nitrogens with zero attached hydrogens (tertiary/aromatic N) is 1. The summed E-state index contributed by atoms with van der Waals surface area (Å²) in [4.78, 5) is 16.4. The van der Waals surface area contributed by atoms with Gasteiger partial charge in [0.2, 0.25) is 0 Å². The van der Waals surface area contributed by atoms with Gasteiger partial charge in [0.1, 0.15) is 5.75 Å². The second kappa shape index (κ2) is 10.1. The summed E-state index contributed by atoms with van der Waals surface area (Å²) in [5, 5.41) is 4.03. The van der Waals surface area contributed by atoms with Crippen molar-refractivity contribution in [1.82, 2.24) is 4.98 Å². The van der Waals surface area contributed by atoms with E-state index in [1.54, 1.807) is 11.3 Å². The standard InChI is InChI=1S/C25H30N2O3S/c1-3-29-24(28)13-9-17-8-12-22(30-16-18-6-4-5-7-18)20(14-17)19-10-11-21-23(15-19)31-25(26-2)27-21/h8,10-12,14-15,18H,3-7,9,13,16H2,1-2H3,(H,26,27). The number of hydrogen-bond donors (Lipinski definition) is 1. The average Bonchev–Trinajstić information content (AvgIpc) is 3.45. The first-order valence-electron chi connectivity index (χ1n) is 11.2. The molecule has 0 aliphatic heterocycles. The van der Waals surface area contributed by atoms with Gasteiger partial charge in [0.15, 0.2) is 5.13 Å². The number of anilines is 1. The Hall–Kier alpha value is -2.60. The van der Waals surface area contributed by atoms with Gasteiger partial charge in [-0.2, -0.15) is 0 Å². The Morgan fingerprint density at radius 1 is 1.19 bits per heavy atom. The smallest absolute Gasteiger partial charge is 0.306 e. The number of benzene rings is 2. The van der Waals surface area contributed by atoms with Gasteiger partial charge in [-0.05, 0) is 67.5 Å². The van der Waals surface area contributed by atoms with Crippen molar-refractivity contribution in [2.24, 2.45) is 5.92 Å². The topological polar surface area (TPSA) is 60.5 Å². The molecule has 6 heteroatoms. The van der Waals surface area contributed by atoms with Crippen LogP contribution >= 0.6 is 11.3 Å². The molecule has 31 heavy (non-hydrogen) atoms. The fourth-order valence-corrected chi connectivity index (χ4v) is 5.01. The molecule has 0 spiro atoms. The zero-order valence-electron chi connectivity index (χ0n) is 18.3. The van der Waals surface area contributed by atoms with E-state index in [-0.39, 0.29) is 5.97 Å². The molecule has 4 rings (SSSR count). The average molecular weight is 439 g/mol. The Kier molecular flexibility index (Phi) is 7.07. The molecule has 0 radical (unpaired) electrons. The third kappa shape index (κ3) is 5.37. The highest BCUT2D eigenvalue weighted by Gasteiger charge is 2.17. The van der Waals surface area contributed by atoms with Gasteiger partial charge in [0.25, 0.3) is 0 Å². The van der Waals surface area contributed by atoms with E-state index >= 15 is 0 Å². The Morgan fingerprint density at radius 2 is 2.03 bits per heavy atom. The molecule has 1 aliphatic carbocycles. The number of hydrogen-bond acceptors (Lipinski definition) is 6. The van der Waals surface area contributed by atoms with Crippen LogP contribution in [0.25, 0.3) is 21.3 Å². The van der Waals surface area contributed by atoms with Crippen molar-refractivity contribution in [3.05, 3.63) is 42.0 Å². The van der Waals surface area contributed by atoms with Gasteiger partial charge in [-0.1, -0.05) is 36.3 Å². The highest BCUT2D eigenvalue weighted by atomic mass is 32.1. The molecule has 164 valence electrons. The lowest BCUT2D eigenvalue weighted by atomic mass is 9.99. The van der Waals surface area contributed by atoms with Crippen LogP contribution in [0.3, 0.4) is 0 Å². The van der Waals surface area contributed by atoms with Gasteiger partial charge in [-0.3, -0.25) is 4.79 Å². The zero-order valence-corrected chi connectivity index (χ0v) is 19.1. The molecule has 1 aromatic heterocycles. The van der Waals surface area contributed by atoms with Crippen molar-refractivity contribution in [2.45, 2.75) is 45.4 Å². The number of carbonyl (C=O) groups excluding carboxylic acids is 1. The Morgan fingerprint density at radius 3 is 2.81 bits per heavy atom. The number of esters is 1. The minimum atomic E-state index is -0.156. The molecule has 1 fully saturated rings. The molecular formula is C25H30N2O3S. The van der Waals surface area contributed by atoms with Crippen LogP contribution in [0.5, 0.6) is 5.75 Å². The second-order valence-electron chi connectivity index (χ2n) is 8.05. The second-order valence-corrected chi connectivity index (χ2v) is 9.08. The number of fused-ring (bicyclic) bond motifs is 1. The molecule has 0 bridgehead atoms. The quantitative estimate of drug-likeness (QED) is 0.411. The van der Waals surface area contributed by atoms with Crippen LogP contribution in [-0.4, -0.2) is 31.2 Å². The lowest BCUT2D eigenvalue weighted by molar-refractivity contribution is -0.143. The molecule has 0 unspecified atom stereocenters. The van der Waals surface area contributed by atoms with Crippen LogP contribution in [0.15, 0.2) is 36.4 Å². The first kappa shape index (κ1) is 21.6. The number of thiazole rings is 1. The SMILES string of the molecule is CCOC(=O)CCc1ccc(OCC2CCCC2)c(-c2ccc3nc(NC)sc3c2)c1. The van der Waals surface area contributed by atoms with Crippen molar-refractivity contribution in [1.29, 1.82) is 0 Å². The molecule has 0 atom stereocenters. The normalized spacial score (nSPS) is 14.1. The van der Waals surface area contributed by atoms with Crippen LogP contribution in [-0.2, 0) is 16.0 Å². The summed E-state index contributed by atoms with van der Waals surface area (Å²) in [6.07, 6.45) is 6.17. The van der Waals surface area contributed by atoms with Gasteiger partial charge in [0, 0.05) is 19.0 Å². The Bertz CT molecular complexity index is 1040. The van der Waals surface area contributed by atoms with Gasteiger partial charge >= 0.3 is 5.97 Å². The lowest BCUT2D eigenvalue weighted by Gasteiger charge is -2.16. The molecule has 0 amide bonds. The van der Waals surface area contributed by atoms with Crippen LogP contribution in [0, 0.1) is 5.92 Å². The summed E-state index contributed by atoms with van der Waals surface area (Å²) in [6.45, 7) is 3.02. The summed E-state index contributed by atoms with van der Waals surface area (Å²) in [6, 6.07) is 12.6. The fourth-order valence-electron chi connectivity index (χ4n) is 4.15.